The number of rotatable bonds is 6. The summed E-state index contributed by atoms with van der Waals surface area (Å²) in [5.41, 5.74) is -2.71. The van der Waals surface area contributed by atoms with Crippen molar-refractivity contribution in [1.82, 2.24) is 20.4 Å². The first-order valence-corrected chi connectivity index (χ1v) is 14.9. The van der Waals surface area contributed by atoms with Crippen LogP contribution in [0.4, 0.5) is 43.9 Å². The molecule has 0 N–H and O–H groups in total. The Morgan fingerprint density at radius 2 is 0.553 bits per heavy atom. The van der Waals surface area contributed by atoms with Gasteiger partial charge in [0.25, 0.3) is 23.6 Å². The maximum Gasteiger partial charge on any atom is 0.258 e. The van der Waals surface area contributed by atoms with Crippen molar-refractivity contribution in [2.24, 2.45) is 0 Å². The quantitative estimate of drug-likeness (QED) is 0.0969. The van der Waals surface area contributed by atoms with Crippen molar-refractivity contribution in [2.75, 3.05) is 0 Å². The second-order valence-electron chi connectivity index (χ2n) is 9.21. The monoisotopic (exact) mass is 716 g/mol. The third-order valence-corrected chi connectivity index (χ3v) is 10.0. The predicted molar refractivity (Wildman–Crippen MR) is 148 cm³/mol. The van der Waals surface area contributed by atoms with E-state index in [0.29, 0.717) is 19.5 Å². The van der Waals surface area contributed by atoms with E-state index in [1.165, 1.54) is 11.3 Å². The lowest BCUT2D eigenvalue weighted by Gasteiger charge is -2.04. The topological polar surface area (TPSA) is 77.8 Å². The van der Waals surface area contributed by atoms with Gasteiger partial charge in [-0.05, 0) is 36.4 Å². The van der Waals surface area contributed by atoms with E-state index in [2.05, 4.69) is 20.4 Å². The van der Waals surface area contributed by atoms with Gasteiger partial charge in [-0.15, -0.1) is 54.4 Å². The van der Waals surface area contributed by atoms with E-state index in [-0.39, 0.29) is 11.8 Å². The average Bonchev–Trinajstić information content (AvgIpc) is 3.89. The van der Waals surface area contributed by atoms with Gasteiger partial charge in [-0.3, -0.25) is 0 Å². The van der Waals surface area contributed by atoms with Crippen molar-refractivity contribution >= 4 is 34.0 Å². The molecule has 238 valence electrons. The van der Waals surface area contributed by atoms with Crippen LogP contribution < -0.4 is 0 Å². The van der Waals surface area contributed by atoms with Crippen LogP contribution in [0.15, 0.2) is 45.2 Å². The molecule has 6 nitrogen and oxygen atoms in total. The summed E-state index contributed by atoms with van der Waals surface area (Å²) in [7, 11) is 0. The fraction of sp³-hybridized carbons (Fsp3) is 0. The first-order chi connectivity index (χ1) is 22.4. The van der Waals surface area contributed by atoms with E-state index in [0.717, 1.165) is 32.4 Å². The summed E-state index contributed by atoms with van der Waals surface area (Å²) in [5, 5.41) is 14.2. The van der Waals surface area contributed by atoms with E-state index in [9.17, 15) is 43.9 Å². The standard InChI is InChI=1S/C28H6F10N4O2S3/c29-15-13(16(30)20(34)23(37)19(15)33)27-41-39-25(43-27)11-5-3-9(46-11)7-1-2-8(45-7)10-4-6-12(47-10)26-40-42-28(44-26)14-17(31)21(35)24(38)22(36)18(14)32/h1-6H. The number of nitrogens with zero attached hydrogens (tertiary/aromatic N) is 4. The Hall–Kier alpha value is -4.88. The van der Waals surface area contributed by atoms with Crippen LogP contribution in [0.25, 0.3) is 64.0 Å². The zero-order valence-corrected chi connectivity index (χ0v) is 24.5. The minimum Gasteiger partial charge on any atom is -0.415 e. The molecule has 0 spiro atoms. The van der Waals surface area contributed by atoms with E-state index in [1.54, 1.807) is 36.4 Å². The second-order valence-corrected chi connectivity index (χ2v) is 12.5. The summed E-state index contributed by atoms with van der Waals surface area (Å²) >= 11 is 3.59. The summed E-state index contributed by atoms with van der Waals surface area (Å²) in [4.78, 5) is 3.53. The van der Waals surface area contributed by atoms with Crippen LogP contribution in [0.1, 0.15) is 0 Å². The highest BCUT2D eigenvalue weighted by Crippen LogP contribution is 2.44. The molecule has 5 heterocycles. The molecule has 0 saturated carbocycles. The molecule has 19 heteroatoms. The number of thiophene rings is 3. The Balaban J connectivity index is 1.12. The number of benzene rings is 2. The first kappa shape index (κ1) is 30.8. The molecule has 0 amide bonds. The number of halogens is 10. The van der Waals surface area contributed by atoms with Gasteiger partial charge in [-0.2, -0.15) is 0 Å². The van der Waals surface area contributed by atoms with Crippen molar-refractivity contribution in [1.29, 1.82) is 0 Å². The number of hydrogen-bond acceptors (Lipinski definition) is 9. The van der Waals surface area contributed by atoms with E-state index >= 15 is 0 Å². The van der Waals surface area contributed by atoms with Crippen molar-refractivity contribution < 1.29 is 52.7 Å². The molecule has 47 heavy (non-hydrogen) atoms. The van der Waals surface area contributed by atoms with Gasteiger partial charge in [0.1, 0.15) is 11.1 Å². The van der Waals surface area contributed by atoms with Gasteiger partial charge in [0.15, 0.2) is 46.5 Å². The van der Waals surface area contributed by atoms with Gasteiger partial charge < -0.3 is 8.83 Å². The van der Waals surface area contributed by atoms with Gasteiger partial charge in [0.05, 0.1) is 9.75 Å². The second kappa shape index (κ2) is 11.4. The number of aromatic nitrogens is 4. The molecule has 0 atom stereocenters. The molecule has 0 unspecified atom stereocenters. The summed E-state index contributed by atoms with van der Waals surface area (Å²) in [6.45, 7) is 0. The fourth-order valence-corrected chi connectivity index (χ4v) is 7.25. The Morgan fingerprint density at radius 1 is 0.319 bits per heavy atom. The van der Waals surface area contributed by atoms with E-state index in [1.807, 2.05) is 0 Å². The Labute approximate surface area is 265 Å². The maximum absolute atomic E-state index is 14.2. The molecule has 2 aromatic carbocycles. The third-order valence-electron chi connectivity index (χ3n) is 6.42. The van der Waals surface area contributed by atoms with Crippen LogP contribution in [-0.4, -0.2) is 20.4 Å². The lowest BCUT2D eigenvalue weighted by Crippen LogP contribution is -2.04. The molecule has 0 aliphatic carbocycles. The van der Waals surface area contributed by atoms with Crippen LogP contribution >= 0.6 is 34.0 Å². The van der Waals surface area contributed by atoms with Crippen LogP contribution in [0.3, 0.4) is 0 Å². The van der Waals surface area contributed by atoms with Crippen molar-refractivity contribution in [3.05, 3.63) is 94.6 Å². The minimum absolute atomic E-state index is 0.232. The summed E-state index contributed by atoms with van der Waals surface area (Å²) in [6, 6.07) is 10.0. The molecule has 0 radical (unpaired) electrons. The minimum atomic E-state index is -2.32. The van der Waals surface area contributed by atoms with Gasteiger partial charge >= 0.3 is 0 Å². The van der Waals surface area contributed by atoms with Crippen molar-refractivity contribution in [3.8, 4) is 64.0 Å². The van der Waals surface area contributed by atoms with Crippen molar-refractivity contribution in [3.63, 3.8) is 0 Å². The lowest BCUT2D eigenvalue weighted by atomic mass is 10.1. The average molecular weight is 717 g/mol. The Bertz CT molecular complexity index is 2140. The third kappa shape index (κ3) is 5.01. The highest BCUT2D eigenvalue weighted by Gasteiger charge is 2.31. The first-order valence-electron chi connectivity index (χ1n) is 12.5. The maximum atomic E-state index is 14.2. The Morgan fingerprint density at radius 3 is 0.872 bits per heavy atom. The van der Waals surface area contributed by atoms with Crippen molar-refractivity contribution in [2.45, 2.75) is 0 Å². The number of hydrogen-bond donors (Lipinski definition) is 0. The lowest BCUT2D eigenvalue weighted by molar-refractivity contribution is 0.378. The smallest absolute Gasteiger partial charge is 0.258 e. The molecule has 0 saturated heterocycles. The summed E-state index contributed by atoms with van der Waals surface area (Å²) < 4.78 is 149. The largest absolute Gasteiger partial charge is 0.415 e. The summed E-state index contributed by atoms with van der Waals surface area (Å²) in [5.74, 6) is -24.0. The van der Waals surface area contributed by atoms with Gasteiger partial charge in [0.2, 0.25) is 11.6 Å². The van der Waals surface area contributed by atoms with Gasteiger partial charge in [0, 0.05) is 19.5 Å². The molecular weight excluding hydrogens is 711 g/mol. The highest BCUT2D eigenvalue weighted by molar-refractivity contribution is 7.27. The Kier molecular flexibility index (Phi) is 7.48. The molecule has 0 aliphatic rings. The molecule has 7 rings (SSSR count). The van der Waals surface area contributed by atoms with Crippen LogP contribution in [0.5, 0.6) is 0 Å². The highest BCUT2D eigenvalue weighted by atomic mass is 32.1. The van der Waals surface area contributed by atoms with E-state index in [4.69, 9.17) is 8.83 Å². The molecule has 5 aromatic heterocycles. The zero-order valence-electron chi connectivity index (χ0n) is 22.1. The van der Waals surface area contributed by atoms with Crippen LogP contribution in [0.2, 0.25) is 0 Å². The molecule has 0 aliphatic heterocycles. The van der Waals surface area contributed by atoms with Gasteiger partial charge in [-0.25, -0.2) is 43.9 Å². The van der Waals surface area contributed by atoms with Gasteiger partial charge in [-0.1, -0.05) is 0 Å². The SMILES string of the molecule is Fc1c(F)c(F)c(-c2nnc(-c3ccc(-c4ccc(-c5ccc(-c6nnc(-c7c(F)c(F)c(F)c(F)c7F)o6)s5)s4)s3)o2)c(F)c1F. The molecule has 7 aromatic rings. The molecule has 0 fully saturated rings. The van der Waals surface area contributed by atoms with Crippen LogP contribution in [0, 0.1) is 58.2 Å². The van der Waals surface area contributed by atoms with Crippen LogP contribution in [-0.2, 0) is 0 Å². The summed E-state index contributed by atoms with van der Waals surface area (Å²) in [6.07, 6.45) is 0. The predicted octanol–water partition coefficient (Wildman–Crippen LogP) is 10.0. The molecular formula is C28H6F10N4O2S3. The fourth-order valence-electron chi connectivity index (χ4n) is 4.21. The molecule has 0 bridgehead atoms. The normalized spacial score (nSPS) is 11.6. The zero-order chi connectivity index (χ0) is 33.3. The van der Waals surface area contributed by atoms with E-state index < -0.39 is 81.1 Å².